The Morgan fingerprint density at radius 1 is 0.327 bits per heavy atom. The number of rotatable bonds is 0. The first-order valence-corrected chi connectivity index (χ1v) is 17.4. The van der Waals surface area contributed by atoms with Crippen LogP contribution in [0, 0.1) is 0 Å². The lowest BCUT2D eigenvalue weighted by Gasteiger charge is -1.86. The van der Waals surface area contributed by atoms with Crippen LogP contribution < -0.4 is 0 Å². The number of hydrogen-bond acceptors (Lipinski definition) is 5. The fourth-order valence-electron chi connectivity index (χ4n) is 5.89. The first-order valence-electron chi connectivity index (χ1n) is 16.3. The minimum absolute atomic E-state index is 0.915. The molecule has 0 atom stereocenters. The van der Waals surface area contributed by atoms with E-state index in [9.17, 15) is 0 Å². The molecule has 10 heterocycles. The van der Waals surface area contributed by atoms with Gasteiger partial charge in [0.1, 0.15) is 0 Å². The van der Waals surface area contributed by atoms with Gasteiger partial charge in [-0.1, -0.05) is 0 Å². The van der Waals surface area contributed by atoms with Gasteiger partial charge in [0, 0.05) is 48.7 Å². The van der Waals surface area contributed by atoms with Gasteiger partial charge >= 0.3 is 8.25 Å². The molecule has 10 rings (SSSR count). The fourth-order valence-corrected chi connectivity index (χ4v) is 5.89. The van der Waals surface area contributed by atoms with E-state index in [0.717, 1.165) is 89.7 Å². The Hall–Kier alpha value is -6.78. The molecule has 252 valence electrons. The van der Waals surface area contributed by atoms with Crippen molar-refractivity contribution in [3.63, 3.8) is 0 Å². The Bertz CT molecular complexity index is 2450. The van der Waals surface area contributed by atoms with E-state index in [1.807, 2.05) is 85.0 Å². The van der Waals surface area contributed by atoms with Gasteiger partial charge in [-0.05, 0) is 146 Å². The van der Waals surface area contributed by atoms with Crippen molar-refractivity contribution in [1.82, 2.24) is 39.9 Å². The number of aromatic amines is 4. The minimum atomic E-state index is -2.87. The molecule has 0 aliphatic carbocycles. The lowest BCUT2D eigenvalue weighted by atomic mass is 10.3. The molecule has 6 N–H and O–H groups in total. The molecular weight excluding hydrogens is 671 g/mol. The van der Waals surface area contributed by atoms with Crippen LogP contribution in [0.5, 0.6) is 0 Å². The van der Waals surface area contributed by atoms with E-state index in [-0.39, 0.29) is 0 Å². The van der Waals surface area contributed by atoms with Gasteiger partial charge in [-0.25, -0.2) is 19.9 Å². The number of hydrogen-bond donors (Lipinski definition) is 6. The minimum Gasteiger partial charge on any atom is -0.355 e. The van der Waals surface area contributed by atoms with Crippen molar-refractivity contribution in [2.24, 2.45) is 0 Å². The zero-order valence-electron chi connectivity index (χ0n) is 27.4. The molecule has 11 nitrogen and oxygen atoms in total. The molecule has 12 heteroatoms. The fraction of sp³-hybridized carbons (Fsp3) is 0. The predicted molar refractivity (Wildman–Crippen MR) is 210 cm³/mol. The first-order chi connectivity index (χ1) is 25.3. The molecule has 4 aliphatic heterocycles. The third-order valence-electron chi connectivity index (χ3n) is 8.08. The molecule has 6 aromatic rings. The number of nitrogens with one attached hydrogen (secondary N) is 4. The van der Waals surface area contributed by atoms with Crippen LogP contribution in [-0.4, -0.2) is 49.7 Å². The predicted octanol–water partition coefficient (Wildman–Crippen LogP) is 8.94. The van der Waals surface area contributed by atoms with Crippen molar-refractivity contribution >= 4 is 101 Å². The van der Waals surface area contributed by atoms with Gasteiger partial charge in [0.2, 0.25) is 0 Å². The molecule has 0 aromatic carbocycles. The van der Waals surface area contributed by atoms with Crippen molar-refractivity contribution in [1.29, 1.82) is 0 Å². The van der Waals surface area contributed by atoms with E-state index in [4.69, 9.17) is 14.4 Å². The maximum absolute atomic E-state index is 8.70. The van der Waals surface area contributed by atoms with Gasteiger partial charge in [0.15, 0.2) is 0 Å². The van der Waals surface area contributed by atoms with E-state index < -0.39 is 8.25 Å². The van der Waals surface area contributed by atoms with Crippen LogP contribution in [0.25, 0.3) is 92.7 Å². The number of aromatic nitrogens is 8. The monoisotopic (exact) mass is 701 g/mol. The van der Waals surface area contributed by atoms with E-state index in [1.165, 1.54) is 0 Å². The van der Waals surface area contributed by atoms with Crippen LogP contribution in [0.4, 0.5) is 0 Å². The summed E-state index contributed by atoms with van der Waals surface area (Å²) in [6.07, 6.45) is 16.1. The smallest absolute Gasteiger partial charge is 0.355 e. The Labute approximate surface area is 297 Å². The van der Waals surface area contributed by atoms with Crippen LogP contribution >= 0.6 is 8.25 Å². The maximum Gasteiger partial charge on any atom is 0.692 e. The molecule has 0 saturated carbocycles. The Morgan fingerprint density at radius 2 is 0.500 bits per heavy atom. The molecule has 0 unspecified atom stereocenters. The Kier molecular flexibility index (Phi) is 8.87. The summed E-state index contributed by atoms with van der Waals surface area (Å²) in [5.74, 6) is 0. The zero-order chi connectivity index (χ0) is 35.4. The first kappa shape index (κ1) is 32.4. The second kappa shape index (κ2) is 14.2. The Balaban J connectivity index is 0.000000135. The zero-order valence-corrected chi connectivity index (χ0v) is 28.3. The van der Waals surface area contributed by atoms with Crippen molar-refractivity contribution in [2.75, 3.05) is 0 Å². The second-order valence-corrected chi connectivity index (χ2v) is 12.6. The second-order valence-electron chi connectivity index (χ2n) is 12.1. The summed E-state index contributed by atoms with van der Waals surface area (Å²) in [6.45, 7) is 0. The molecule has 52 heavy (non-hydrogen) atoms. The molecular formula is C40H30N8O3P+. The van der Waals surface area contributed by atoms with E-state index >= 15 is 0 Å². The van der Waals surface area contributed by atoms with Gasteiger partial charge < -0.3 is 19.9 Å². The quantitative estimate of drug-likeness (QED) is 0.0857. The molecule has 0 fully saturated rings. The molecule has 6 aromatic heterocycles. The highest BCUT2D eigenvalue weighted by atomic mass is 31.1. The number of fused-ring (bicyclic) bond motifs is 16. The van der Waals surface area contributed by atoms with Crippen molar-refractivity contribution in [2.45, 2.75) is 0 Å². The van der Waals surface area contributed by atoms with Gasteiger partial charge in [-0.2, -0.15) is 0 Å². The van der Waals surface area contributed by atoms with Crippen LogP contribution in [0.3, 0.4) is 0 Å². The van der Waals surface area contributed by atoms with Gasteiger partial charge in [-0.15, -0.1) is 9.79 Å². The molecule has 0 saturated heterocycles. The summed E-state index contributed by atoms with van der Waals surface area (Å²) in [7, 11) is -2.87. The van der Waals surface area contributed by atoms with Gasteiger partial charge in [0.05, 0.1) is 45.6 Å². The van der Waals surface area contributed by atoms with Crippen LogP contribution in [-0.2, 0) is 4.57 Å². The topological polar surface area (TPSA) is 172 Å². The third-order valence-corrected chi connectivity index (χ3v) is 8.08. The highest BCUT2D eigenvalue weighted by molar-refractivity contribution is 7.30. The van der Waals surface area contributed by atoms with Crippen LogP contribution in [0.15, 0.2) is 97.1 Å². The molecule has 0 spiro atoms. The highest BCUT2D eigenvalue weighted by Crippen LogP contribution is 2.19. The van der Waals surface area contributed by atoms with Gasteiger partial charge in [0.25, 0.3) is 0 Å². The highest BCUT2D eigenvalue weighted by Gasteiger charge is 2.04. The summed E-state index contributed by atoms with van der Waals surface area (Å²) in [6, 6.07) is 32.8. The maximum atomic E-state index is 8.70. The largest absolute Gasteiger partial charge is 0.692 e. The lowest BCUT2D eigenvalue weighted by Crippen LogP contribution is -1.77. The SMILES string of the molecule is C1=Cc2cc3ccc(cc4ccc(cc5nc(cc1n2)C=C5)[nH]4)[nH]3.C1=Cc2cc3ccc(cc4ccc(cc5nc(cc1n2)C=C5)[nH]4)[nH]3.O=[P+](O)O. The van der Waals surface area contributed by atoms with E-state index in [2.05, 4.69) is 101 Å². The van der Waals surface area contributed by atoms with Crippen LogP contribution in [0.2, 0.25) is 0 Å². The average Bonchev–Trinajstić information content (AvgIpc) is 3.94. The molecule has 4 aliphatic rings. The number of H-pyrrole nitrogens is 4. The van der Waals surface area contributed by atoms with Crippen molar-refractivity contribution in [3.05, 3.63) is 143 Å². The average molecular weight is 702 g/mol. The summed E-state index contributed by atoms with van der Waals surface area (Å²) < 4.78 is 8.70. The van der Waals surface area contributed by atoms with Gasteiger partial charge in [-0.3, -0.25) is 0 Å². The lowest BCUT2D eigenvalue weighted by molar-refractivity contribution is 0.405. The van der Waals surface area contributed by atoms with Crippen molar-refractivity contribution in [3.8, 4) is 0 Å². The summed E-state index contributed by atoms with van der Waals surface area (Å²) >= 11 is 0. The molecule has 0 radical (unpaired) electrons. The van der Waals surface area contributed by atoms with Crippen LogP contribution in [0.1, 0.15) is 45.6 Å². The standard InChI is InChI=1S/2C20H14N4.HO3P/c2*1-2-14-10-16-5-6-18(23-16)12-20-8-7-19(24-20)11-17-4-3-15(22-17)9-13(1)21-14;1-4(2)3/h2*1-12,21-22H;(H-,1,2,3)/p+1. The molecule has 16 bridgehead atoms. The molecule has 0 amide bonds. The van der Waals surface area contributed by atoms with E-state index in [0.29, 0.717) is 0 Å². The normalized spacial score (nSPS) is 12.2. The summed E-state index contributed by atoms with van der Waals surface area (Å²) in [5.41, 5.74) is 15.7. The summed E-state index contributed by atoms with van der Waals surface area (Å²) in [4.78, 5) is 46.3. The summed E-state index contributed by atoms with van der Waals surface area (Å²) in [5, 5.41) is 0. The van der Waals surface area contributed by atoms with Crippen molar-refractivity contribution < 1.29 is 14.4 Å². The third kappa shape index (κ3) is 8.15. The Morgan fingerprint density at radius 3 is 0.712 bits per heavy atom. The number of nitrogens with zero attached hydrogens (tertiary/aromatic N) is 4. The van der Waals surface area contributed by atoms with E-state index in [1.54, 1.807) is 0 Å².